The maximum atomic E-state index is 11.1. The van der Waals surface area contributed by atoms with Gasteiger partial charge < -0.3 is 16.4 Å². The first-order valence-corrected chi connectivity index (χ1v) is 6.81. The van der Waals surface area contributed by atoms with Gasteiger partial charge in [0.15, 0.2) is 9.84 Å². The minimum absolute atomic E-state index is 0.152. The molecule has 0 spiro atoms. The zero-order valence-electron chi connectivity index (χ0n) is 8.33. The van der Waals surface area contributed by atoms with Crippen LogP contribution in [0, 0.1) is 0 Å². The minimum atomic E-state index is -2.75. The van der Waals surface area contributed by atoms with Gasteiger partial charge in [-0.25, -0.2) is 8.42 Å². The Morgan fingerprint density at radius 1 is 1.29 bits per heavy atom. The number of rotatable bonds is 6. The maximum Gasteiger partial charge on any atom is 0.151 e. The molecule has 1 unspecified atom stereocenters. The molecule has 5 nitrogen and oxygen atoms in total. The van der Waals surface area contributed by atoms with Gasteiger partial charge >= 0.3 is 0 Å². The first kappa shape index (κ1) is 11.9. The molecule has 84 valence electrons. The fraction of sp³-hybridized carbons (Fsp3) is 1.00. The fourth-order valence-corrected chi connectivity index (χ4v) is 3.26. The van der Waals surface area contributed by atoms with Crippen LogP contribution in [0.4, 0.5) is 0 Å². The zero-order chi connectivity index (χ0) is 10.4. The Morgan fingerprint density at radius 3 is 2.64 bits per heavy atom. The molecule has 1 aliphatic heterocycles. The summed E-state index contributed by atoms with van der Waals surface area (Å²) in [5, 5.41) is 6.36. The van der Waals surface area contributed by atoms with E-state index in [2.05, 4.69) is 10.6 Å². The highest BCUT2D eigenvalue weighted by molar-refractivity contribution is 7.91. The second kappa shape index (κ2) is 5.65. The molecule has 1 aliphatic rings. The maximum absolute atomic E-state index is 11.1. The van der Waals surface area contributed by atoms with E-state index >= 15 is 0 Å². The van der Waals surface area contributed by atoms with E-state index in [1.807, 2.05) is 0 Å². The molecule has 1 heterocycles. The number of hydrogen-bond acceptors (Lipinski definition) is 5. The molecule has 0 amide bonds. The molecular formula is C8H19N3O2S. The van der Waals surface area contributed by atoms with Crippen LogP contribution in [0.2, 0.25) is 0 Å². The average Bonchev–Trinajstić information content (AvgIpc) is 2.45. The zero-order valence-corrected chi connectivity index (χ0v) is 9.15. The van der Waals surface area contributed by atoms with E-state index in [0.717, 1.165) is 26.1 Å². The van der Waals surface area contributed by atoms with Gasteiger partial charge in [0.25, 0.3) is 0 Å². The molecule has 0 aromatic carbocycles. The van der Waals surface area contributed by atoms with Crippen molar-refractivity contribution in [1.29, 1.82) is 0 Å². The summed E-state index contributed by atoms with van der Waals surface area (Å²) in [6.07, 6.45) is 0.749. The normalized spacial score (nSPS) is 25.4. The summed E-state index contributed by atoms with van der Waals surface area (Å²) < 4.78 is 22.2. The Hall–Kier alpha value is -0.170. The van der Waals surface area contributed by atoms with Crippen LogP contribution >= 0.6 is 0 Å². The highest BCUT2D eigenvalue weighted by Crippen LogP contribution is 2.10. The molecule has 1 saturated heterocycles. The van der Waals surface area contributed by atoms with Gasteiger partial charge in [-0.15, -0.1) is 0 Å². The summed E-state index contributed by atoms with van der Waals surface area (Å²) >= 11 is 0. The summed E-state index contributed by atoms with van der Waals surface area (Å²) in [6.45, 7) is 3.09. The van der Waals surface area contributed by atoms with E-state index in [0.29, 0.717) is 18.1 Å². The van der Waals surface area contributed by atoms with Gasteiger partial charge in [-0.2, -0.15) is 0 Å². The third kappa shape index (κ3) is 4.36. The van der Waals surface area contributed by atoms with Crippen LogP contribution in [0.25, 0.3) is 0 Å². The second-order valence-corrected chi connectivity index (χ2v) is 5.82. The van der Waals surface area contributed by atoms with Crippen molar-refractivity contribution in [3.05, 3.63) is 0 Å². The molecule has 1 fully saturated rings. The molecule has 1 atom stereocenters. The Bertz CT molecular complexity index is 253. The van der Waals surface area contributed by atoms with Crippen LogP contribution in [0.3, 0.4) is 0 Å². The number of nitrogens with two attached hydrogens (primary N) is 1. The van der Waals surface area contributed by atoms with E-state index in [1.54, 1.807) is 0 Å². The molecule has 6 heteroatoms. The lowest BCUT2D eigenvalue weighted by atomic mass is 10.3. The Balaban J connectivity index is 2.03. The van der Waals surface area contributed by atoms with Crippen molar-refractivity contribution in [1.82, 2.24) is 10.6 Å². The Kier molecular flexibility index (Phi) is 4.80. The van der Waals surface area contributed by atoms with Crippen molar-refractivity contribution in [3.63, 3.8) is 0 Å². The van der Waals surface area contributed by atoms with Crippen LogP contribution in [0.5, 0.6) is 0 Å². The Morgan fingerprint density at radius 2 is 2.07 bits per heavy atom. The van der Waals surface area contributed by atoms with Gasteiger partial charge in [-0.3, -0.25) is 0 Å². The molecule has 4 N–H and O–H groups in total. The van der Waals surface area contributed by atoms with E-state index in [4.69, 9.17) is 5.73 Å². The average molecular weight is 221 g/mol. The van der Waals surface area contributed by atoms with Crippen LogP contribution in [0.1, 0.15) is 6.42 Å². The van der Waals surface area contributed by atoms with Gasteiger partial charge in [-0.1, -0.05) is 0 Å². The van der Waals surface area contributed by atoms with Crippen LogP contribution in [0.15, 0.2) is 0 Å². The molecule has 0 aliphatic carbocycles. The summed E-state index contributed by atoms with van der Waals surface area (Å²) in [5.74, 6) is 0.630. The molecule has 0 saturated carbocycles. The standard InChI is InChI=1S/C8H19N3O2S/c9-2-3-10-4-5-11-8-1-6-14(12,13)7-8/h8,10-11H,1-7,9H2. The monoisotopic (exact) mass is 221 g/mol. The minimum Gasteiger partial charge on any atom is -0.329 e. The van der Waals surface area contributed by atoms with Crippen LogP contribution in [-0.2, 0) is 9.84 Å². The lowest BCUT2D eigenvalue weighted by Gasteiger charge is -2.10. The molecule has 0 aromatic heterocycles. The second-order valence-electron chi connectivity index (χ2n) is 3.59. The molecule has 0 bridgehead atoms. The van der Waals surface area contributed by atoms with Gasteiger partial charge in [0.1, 0.15) is 0 Å². The van der Waals surface area contributed by atoms with Crippen LogP contribution < -0.4 is 16.4 Å². The third-order valence-electron chi connectivity index (χ3n) is 2.29. The number of sulfone groups is 1. The molecule has 0 aromatic rings. The fourth-order valence-electron chi connectivity index (χ4n) is 1.55. The SMILES string of the molecule is NCCNCCNC1CCS(=O)(=O)C1. The first-order valence-electron chi connectivity index (χ1n) is 4.98. The highest BCUT2D eigenvalue weighted by Gasteiger charge is 2.26. The molecular weight excluding hydrogens is 202 g/mol. The number of nitrogens with one attached hydrogen (secondary N) is 2. The summed E-state index contributed by atoms with van der Waals surface area (Å²) in [7, 11) is -2.75. The largest absolute Gasteiger partial charge is 0.329 e. The van der Waals surface area contributed by atoms with Crippen molar-refractivity contribution in [2.24, 2.45) is 5.73 Å². The van der Waals surface area contributed by atoms with E-state index in [-0.39, 0.29) is 6.04 Å². The smallest absolute Gasteiger partial charge is 0.151 e. The van der Waals surface area contributed by atoms with Gasteiger partial charge in [-0.05, 0) is 6.42 Å². The van der Waals surface area contributed by atoms with E-state index < -0.39 is 9.84 Å². The summed E-state index contributed by atoms with van der Waals surface area (Å²) in [5.41, 5.74) is 5.31. The van der Waals surface area contributed by atoms with Crippen molar-refractivity contribution in [2.45, 2.75) is 12.5 Å². The quantitative estimate of drug-likeness (QED) is 0.466. The lowest BCUT2D eigenvalue weighted by Crippen LogP contribution is -2.36. The predicted molar refractivity (Wildman–Crippen MR) is 57.0 cm³/mol. The third-order valence-corrected chi connectivity index (χ3v) is 4.06. The van der Waals surface area contributed by atoms with Gasteiger partial charge in [0, 0.05) is 32.2 Å². The van der Waals surface area contributed by atoms with Crippen molar-refractivity contribution >= 4 is 9.84 Å². The van der Waals surface area contributed by atoms with Gasteiger partial charge in [0.2, 0.25) is 0 Å². The predicted octanol–water partition coefficient (Wildman–Crippen LogP) is -1.69. The first-order chi connectivity index (χ1) is 6.64. The summed E-state index contributed by atoms with van der Waals surface area (Å²) in [4.78, 5) is 0. The van der Waals surface area contributed by atoms with Crippen molar-refractivity contribution < 1.29 is 8.42 Å². The lowest BCUT2D eigenvalue weighted by molar-refractivity contribution is 0.535. The molecule has 0 radical (unpaired) electrons. The molecule has 14 heavy (non-hydrogen) atoms. The van der Waals surface area contributed by atoms with E-state index in [9.17, 15) is 8.42 Å². The number of hydrogen-bond donors (Lipinski definition) is 3. The van der Waals surface area contributed by atoms with Crippen molar-refractivity contribution in [2.75, 3.05) is 37.7 Å². The van der Waals surface area contributed by atoms with Gasteiger partial charge in [0.05, 0.1) is 11.5 Å². The van der Waals surface area contributed by atoms with Crippen molar-refractivity contribution in [3.8, 4) is 0 Å². The molecule has 1 rings (SSSR count). The Labute approximate surface area is 85.4 Å². The van der Waals surface area contributed by atoms with Crippen LogP contribution in [-0.4, -0.2) is 52.1 Å². The summed E-state index contributed by atoms with van der Waals surface area (Å²) in [6, 6.07) is 0.152. The highest BCUT2D eigenvalue weighted by atomic mass is 32.2. The topological polar surface area (TPSA) is 84.2 Å². The van der Waals surface area contributed by atoms with E-state index in [1.165, 1.54) is 0 Å².